The number of hydrogen-bond donors (Lipinski definition) is 1. The zero-order valence-electron chi connectivity index (χ0n) is 11.9. The van der Waals surface area contributed by atoms with Gasteiger partial charge in [0.2, 0.25) is 5.91 Å². The molecule has 100 valence electrons. The van der Waals surface area contributed by atoms with Crippen molar-refractivity contribution in [3.05, 3.63) is 0 Å². The van der Waals surface area contributed by atoms with Crippen molar-refractivity contribution < 1.29 is 4.79 Å². The van der Waals surface area contributed by atoms with Gasteiger partial charge in [-0.3, -0.25) is 4.79 Å². The fourth-order valence-corrected chi connectivity index (χ4v) is 2.28. The highest BCUT2D eigenvalue weighted by atomic mass is 16.2. The van der Waals surface area contributed by atoms with Crippen LogP contribution in [-0.4, -0.2) is 36.5 Å². The third-order valence-electron chi connectivity index (χ3n) is 3.35. The molecule has 3 nitrogen and oxygen atoms in total. The number of rotatable bonds is 5. The lowest BCUT2D eigenvalue weighted by Gasteiger charge is -2.29. The maximum Gasteiger partial charge on any atom is 0.222 e. The number of hydrogen-bond acceptors (Lipinski definition) is 2. The van der Waals surface area contributed by atoms with Gasteiger partial charge in [-0.1, -0.05) is 27.7 Å². The molecule has 0 aromatic rings. The minimum absolute atomic E-state index is 0.251. The highest BCUT2D eigenvalue weighted by Gasteiger charge is 2.26. The average molecular weight is 240 g/mol. The summed E-state index contributed by atoms with van der Waals surface area (Å²) in [5, 5.41) is 3.34. The van der Waals surface area contributed by atoms with Crippen LogP contribution in [0.3, 0.4) is 0 Å². The first-order valence-corrected chi connectivity index (χ1v) is 6.94. The number of nitrogens with zero attached hydrogens (tertiary/aromatic N) is 1. The molecule has 1 atom stereocenters. The molecule has 0 aromatic carbocycles. The van der Waals surface area contributed by atoms with Crippen molar-refractivity contribution in [2.45, 2.75) is 59.4 Å². The van der Waals surface area contributed by atoms with Gasteiger partial charge in [0, 0.05) is 25.6 Å². The van der Waals surface area contributed by atoms with E-state index in [1.165, 1.54) is 0 Å². The molecule has 1 unspecified atom stereocenters. The largest absolute Gasteiger partial charge is 0.338 e. The van der Waals surface area contributed by atoms with Crippen LogP contribution in [0.5, 0.6) is 0 Å². The van der Waals surface area contributed by atoms with Crippen LogP contribution in [0.25, 0.3) is 0 Å². The molecular formula is C14H28N2O. The summed E-state index contributed by atoms with van der Waals surface area (Å²) < 4.78 is 0. The first kappa shape index (κ1) is 14.5. The molecule has 1 N–H and O–H groups in total. The number of amides is 1. The van der Waals surface area contributed by atoms with Crippen LogP contribution >= 0.6 is 0 Å². The second kappa shape index (κ2) is 6.39. The quantitative estimate of drug-likeness (QED) is 0.800. The Kier molecular flexibility index (Phi) is 5.44. The molecule has 0 spiro atoms. The van der Waals surface area contributed by atoms with E-state index in [4.69, 9.17) is 0 Å². The van der Waals surface area contributed by atoms with Gasteiger partial charge in [0.05, 0.1) is 0 Å². The molecule has 0 aliphatic carbocycles. The van der Waals surface area contributed by atoms with Gasteiger partial charge in [0.1, 0.15) is 0 Å². The SMILES string of the molecule is CCCN(C(=O)CCC(C)(C)C)C1CCNC1. The molecule has 1 fully saturated rings. The summed E-state index contributed by atoms with van der Waals surface area (Å²) in [7, 11) is 0. The Morgan fingerprint density at radius 2 is 2.12 bits per heavy atom. The van der Waals surface area contributed by atoms with Gasteiger partial charge in [-0.15, -0.1) is 0 Å². The number of carbonyl (C=O) groups excluding carboxylic acids is 1. The molecular weight excluding hydrogens is 212 g/mol. The maximum absolute atomic E-state index is 12.3. The van der Waals surface area contributed by atoms with Crippen molar-refractivity contribution in [2.24, 2.45) is 5.41 Å². The molecule has 0 aromatic heterocycles. The second-order valence-electron chi connectivity index (χ2n) is 6.29. The van der Waals surface area contributed by atoms with E-state index in [1.807, 2.05) is 0 Å². The van der Waals surface area contributed by atoms with Gasteiger partial charge in [-0.25, -0.2) is 0 Å². The smallest absolute Gasteiger partial charge is 0.222 e. The van der Waals surface area contributed by atoms with Crippen LogP contribution < -0.4 is 5.32 Å². The topological polar surface area (TPSA) is 32.3 Å². The summed E-state index contributed by atoms with van der Waals surface area (Å²) >= 11 is 0. The van der Waals surface area contributed by atoms with Gasteiger partial charge in [-0.05, 0) is 31.2 Å². The van der Waals surface area contributed by atoms with E-state index in [0.717, 1.165) is 38.9 Å². The van der Waals surface area contributed by atoms with Crippen LogP contribution in [0.4, 0.5) is 0 Å². The third kappa shape index (κ3) is 5.07. The molecule has 17 heavy (non-hydrogen) atoms. The monoisotopic (exact) mass is 240 g/mol. The van der Waals surface area contributed by atoms with Gasteiger partial charge < -0.3 is 10.2 Å². The van der Waals surface area contributed by atoms with E-state index >= 15 is 0 Å². The van der Waals surface area contributed by atoms with Crippen LogP contribution in [0.2, 0.25) is 0 Å². The lowest BCUT2D eigenvalue weighted by atomic mass is 9.90. The minimum atomic E-state index is 0.251. The fourth-order valence-electron chi connectivity index (χ4n) is 2.28. The van der Waals surface area contributed by atoms with E-state index in [-0.39, 0.29) is 5.41 Å². The predicted octanol–water partition coefficient (Wildman–Crippen LogP) is 2.41. The van der Waals surface area contributed by atoms with Crippen LogP contribution in [-0.2, 0) is 4.79 Å². The summed E-state index contributed by atoms with van der Waals surface area (Å²) in [6.07, 6.45) is 3.84. The molecule has 1 aliphatic heterocycles. The molecule has 0 saturated carbocycles. The van der Waals surface area contributed by atoms with Crippen LogP contribution in [0, 0.1) is 5.41 Å². The van der Waals surface area contributed by atoms with Crippen molar-refractivity contribution in [1.29, 1.82) is 0 Å². The standard InChI is InChI=1S/C14H28N2O/c1-5-10-16(12-7-9-15-11-12)13(17)6-8-14(2,3)4/h12,15H,5-11H2,1-4H3. The highest BCUT2D eigenvalue weighted by Crippen LogP contribution is 2.22. The first-order chi connectivity index (χ1) is 7.94. The zero-order valence-corrected chi connectivity index (χ0v) is 11.9. The van der Waals surface area contributed by atoms with Crippen LogP contribution in [0.15, 0.2) is 0 Å². The predicted molar refractivity (Wildman–Crippen MR) is 72.0 cm³/mol. The Labute approximate surface area is 106 Å². The Morgan fingerprint density at radius 3 is 2.59 bits per heavy atom. The number of nitrogens with one attached hydrogen (secondary N) is 1. The number of carbonyl (C=O) groups is 1. The summed E-state index contributed by atoms with van der Waals surface area (Å²) in [6, 6.07) is 0.433. The van der Waals surface area contributed by atoms with E-state index in [1.54, 1.807) is 0 Å². The van der Waals surface area contributed by atoms with E-state index in [9.17, 15) is 4.79 Å². The van der Waals surface area contributed by atoms with Crippen molar-refractivity contribution in [3.8, 4) is 0 Å². The van der Waals surface area contributed by atoms with Gasteiger partial charge in [0.25, 0.3) is 0 Å². The molecule has 3 heteroatoms. The average Bonchev–Trinajstić information content (AvgIpc) is 2.74. The van der Waals surface area contributed by atoms with Gasteiger partial charge >= 0.3 is 0 Å². The lowest BCUT2D eigenvalue weighted by molar-refractivity contribution is -0.133. The fraction of sp³-hybridized carbons (Fsp3) is 0.929. The summed E-state index contributed by atoms with van der Waals surface area (Å²) in [5.74, 6) is 0.343. The zero-order chi connectivity index (χ0) is 12.9. The normalized spacial score (nSPS) is 20.6. The second-order valence-corrected chi connectivity index (χ2v) is 6.29. The minimum Gasteiger partial charge on any atom is -0.338 e. The molecule has 0 radical (unpaired) electrons. The lowest BCUT2D eigenvalue weighted by Crippen LogP contribution is -2.42. The van der Waals surface area contributed by atoms with Crippen molar-refractivity contribution >= 4 is 5.91 Å². The Bertz CT molecular complexity index is 239. The Morgan fingerprint density at radius 1 is 1.41 bits per heavy atom. The summed E-state index contributed by atoms with van der Waals surface area (Å²) in [4.78, 5) is 14.4. The molecule has 0 bridgehead atoms. The van der Waals surface area contributed by atoms with E-state index in [0.29, 0.717) is 18.4 Å². The van der Waals surface area contributed by atoms with Crippen molar-refractivity contribution in [2.75, 3.05) is 19.6 Å². The third-order valence-corrected chi connectivity index (χ3v) is 3.35. The van der Waals surface area contributed by atoms with E-state index in [2.05, 4.69) is 37.9 Å². The van der Waals surface area contributed by atoms with Gasteiger partial charge in [-0.2, -0.15) is 0 Å². The van der Waals surface area contributed by atoms with E-state index < -0.39 is 0 Å². The first-order valence-electron chi connectivity index (χ1n) is 6.94. The maximum atomic E-state index is 12.3. The van der Waals surface area contributed by atoms with Crippen LogP contribution in [0.1, 0.15) is 53.4 Å². The van der Waals surface area contributed by atoms with Crippen molar-refractivity contribution in [1.82, 2.24) is 10.2 Å². The van der Waals surface area contributed by atoms with Gasteiger partial charge in [0.15, 0.2) is 0 Å². The Hall–Kier alpha value is -0.570. The molecule has 1 aliphatic rings. The Balaban J connectivity index is 2.48. The summed E-state index contributed by atoms with van der Waals surface area (Å²) in [6.45, 7) is 11.7. The molecule has 1 saturated heterocycles. The summed E-state index contributed by atoms with van der Waals surface area (Å²) in [5.41, 5.74) is 0.251. The highest BCUT2D eigenvalue weighted by molar-refractivity contribution is 5.76. The van der Waals surface area contributed by atoms with Crippen molar-refractivity contribution in [3.63, 3.8) is 0 Å². The molecule has 1 rings (SSSR count). The molecule has 1 heterocycles. The molecule has 1 amide bonds.